The maximum atomic E-state index is 6.13. The van der Waals surface area contributed by atoms with Gasteiger partial charge in [-0.15, -0.1) is 24.0 Å². The van der Waals surface area contributed by atoms with Gasteiger partial charge in [-0.2, -0.15) is 5.10 Å². The summed E-state index contributed by atoms with van der Waals surface area (Å²) >= 11 is 0. The van der Waals surface area contributed by atoms with E-state index in [1.54, 1.807) is 7.05 Å². The summed E-state index contributed by atoms with van der Waals surface area (Å²) in [7, 11) is 1.80. The summed E-state index contributed by atoms with van der Waals surface area (Å²) in [6, 6.07) is 18.5. The third-order valence-corrected chi connectivity index (χ3v) is 5.27. The van der Waals surface area contributed by atoms with Gasteiger partial charge in [-0.25, -0.2) is 4.68 Å². The molecule has 4 rings (SSSR count). The quantitative estimate of drug-likeness (QED) is 0.289. The zero-order valence-corrected chi connectivity index (χ0v) is 20.5. The maximum Gasteiger partial charge on any atom is 0.191 e. The molecule has 0 bridgehead atoms. The van der Waals surface area contributed by atoms with E-state index in [9.17, 15) is 0 Å². The van der Waals surface area contributed by atoms with Gasteiger partial charge in [0.2, 0.25) is 0 Å². The van der Waals surface area contributed by atoms with E-state index in [-0.39, 0.29) is 35.6 Å². The standard InChI is InChI=1S/C24H29N5O.HI/c1-24(2)15-21(20-11-7-8-12-22(20)30-24)28-23(25-3)26-14-13-18-16-27-29(17-18)19-9-5-4-6-10-19;/h4-12,16-17,21H,13-15H2,1-3H3,(H2,25,26,28);1H. The lowest BCUT2D eigenvalue weighted by atomic mass is 9.90. The molecule has 0 saturated heterocycles. The molecule has 1 aliphatic heterocycles. The zero-order valence-electron chi connectivity index (χ0n) is 18.2. The minimum Gasteiger partial charge on any atom is -0.487 e. The summed E-state index contributed by atoms with van der Waals surface area (Å²) < 4.78 is 8.04. The van der Waals surface area contributed by atoms with Crippen LogP contribution in [0.1, 0.15) is 37.4 Å². The van der Waals surface area contributed by atoms with Crippen LogP contribution in [0.15, 0.2) is 72.0 Å². The lowest BCUT2D eigenvalue weighted by molar-refractivity contribution is 0.0694. The van der Waals surface area contributed by atoms with E-state index in [4.69, 9.17) is 4.74 Å². The second-order valence-electron chi connectivity index (χ2n) is 8.18. The van der Waals surface area contributed by atoms with Gasteiger partial charge >= 0.3 is 0 Å². The number of nitrogens with one attached hydrogen (secondary N) is 2. The molecule has 2 aromatic carbocycles. The molecule has 31 heavy (non-hydrogen) atoms. The van der Waals surface area contributed by atoms with Crippen molar-refractivity contribution in [1.29, 1.82) is 0 Å². The summed E-state index contributed by atoms with van der Waals surface area (Å²) in [6.07, 6.45) is 5.73. The van der Waals surface area contributed by atoms with Crippen LogP contribution in [0.2, 0.25) is 0 Å². The zero-order chi connectivity index (χ0) is 21.0. The van der Waals surface area contributed by atoms with Gasteiger partial charge in [-0.3, -0.25) is 4.99 Å². The molecule has 1 atom stereocenters. The molecule has 1 unspecified atom stereocenters. The highest BCUT2D eigenvalue weighted by atomic mass is 127. The summed E-state index contributed by atoms with van der Waals surface area (Å²) in [6.45, 7) is 5.02. The third kappa shape index (κ3) is 5.78. The number of guanidine groups is 1. The Morgan fingerprint density at radius 3 is 2.68 bits per heavy atom. The van der Waals surface area contributed by atoms with Gasteiger partial charge in [-0.05, 0) is 44.0 Å². The van der Waals surface area contributed by atoms with E-state index >= 15 is 0 Å². The summed E-state index contributed by atoms with van der Waals surface area (Å²) in [5.41, 5.74) is 3.19. The molecule has 7 heteroatoms. The fourth-order valence-corrected chi connectivity index (χ4v) is 3.83. The van der Waals surface area contributed by atoms with Crippen molar-refractivity contribution in [3.05, 3.63) is 78.1 Å². The molecular weight excluding hydrogens is 501 g/mol. The normalized spacial score (nSPS) is 17.1. The molecule has 164 valence electrons. The Balaban J connectivity index is 0.00000272. The van der Waals surface area contributed by atoms with Gasteiger partial charge in [0, 0.05) is 31.8 Å². The van der Waals surface area contributed by atoms with E-state index in [1.807, 2.05) is 53.3 Å². The van der Waals surface area contributed by atoms with Crippen molar-refractivity contribution < 1.29 is 4.74 Å². The number of hydrogen-bond donors (Lipinski definition) is 2. The van der Waals surface area contributed by atoms with Crippen LogP contribution in [0.25, 0.3) is 5.69 Å². The van der Waals surface area contributed by atoms with Gasteiger partial charge in [0.05, 0.1) is 17.9 Å². The third-order valence-electron chi connectivity index (χ3n) is 5.27. The van der Waals surface area contributed by atoms with Crippen molar-refractivity contribution >= 4 is 29.9 Å². The topological polar surface area (TPSA) is 63.5 Å². The SMILES string of the molecule is CN=C(NCCc1cnn(-c2ccccc2)c1)NC1CC(C)(C)Oc2ccccc21.I. The Morgan fingerprint density at radius 1 is 1.16 bits per heavy atom. The molecule has 0 aliphatic carbocycles. The Labute approximate surface area is 201 Å². The molecule has 1 aliphatic rings. The molecule has 0 fully saturated rings. The lowest BCUT2D eigenvalue weighted by Crippen LogP contribution is -2.45. The minimum atomic E-state index is -0.225. The predicted octanol–water partition coefficient (Wildman–Crippen LogP) is 4.50. The first-order chi connectivity index (χ1) is 14.5. The maximum absolute atomic E-state index is 6.13. The highest BCUT2D eigenvalue weighted by Crippen LogP contribution is 2.39. The van der Waals surface area contributed by atoms with Gasteiger partial charge in [0.1, 0.15) is 11.4 Å². The fraction of sp³-hybridized carbons (Fsp3) is 0.333. The van der Waals surface area contributed by atoms with Crippen LogP contribution < -0.4 is 15.4 Å². The Hall–Kier alpha value is -2.55. The molecule has 6 nitrogen and oxygen atoms in total. The van der Waals surface area contributed by atoms with Crippen LogP contribution in [0.4, 0.5) is 0 Å². The van der Waals surface area contributed by atoms with Crippen molar-refractivity contribution in [2.75, 3.05) is 13.6 Å². The van der Waals surface area contributed by atoms with Crippen molar-refractivity contribution in [2.45, 2.75) is 38.3 Å². The second-order valence-corrected chi connectivity index (χ2v) is 8.18. The molecule has 0 spiro atoms. The van der Waals surface area contributed by atoms with Crippen molar-refractivity contribution in [3.8, 4) is 11.4 Å². The first kappa shape index (κ1) is 23.1. The lowest BCUT2D eigenvalue weighted by Gasteiger charge is -2.38. The molecule has 0 saturated carbocycles. The first-order valence-electron chi connectivity index (χ1n) is 10.4. The number of fused-ring (bicyclic) bond motifs is 1. The largest absolute Gasteiger partial charge is 0.487 e. The average molecular weight is 531 g/mol. The van der Waals surface area contributed by atoms with Gasteiger partial charge in [0.15, 0.2) is 5.96 Å². The average Bonchev–Trinajstić information content (AvgIpc) is 3.22. The van der Waals surface area contributed by atoms with E-state index in [0.717, 1.165) is 36.8 Å². The van der Waals surface area contributed by atoms with Gasteiger partial charge in [0.25, 0.3) is 0 Å². The second kappa shape index (κ2) is 10.2. The smallest absolute Gasteiger partial charge is 0.191 e. The van der Waals surface area contributed by atoms with Crippen LogP contribution in [0.5, 0.6) is 5.75 Å². The Kier molecular flexibility index (Phi) is 7.59. The molecule has 3 aromatic rings. The van der Waals surface area contributed by atoms with Crippen LogP contribution in [-0.4, -0.2) is 34.9 Å². The minimum absolute atomic E-state index is 0. The number of nitrogens with zero attached hydrogens (tertiary/aromatic N) is 3. The molecule has 2 heterocycles. The van der Waals surface area contributed by atoms with E-state index in [1.165, 1.54) is 11.1 Å². The summed E-state index contributed by atoms with van der Waals surface area (Å²) in [5, 5.41) is 11.5. The predicted molar refractivity (Wildman–Crippen MR) is 136 cm³/mol. The monoisotopic (exact) mass is 531 g/mol. The van der Waals surface area contributed by atoms with Gasteiger partial charge < -0.3 is 15.4 Å². The Bertz CT molecular complexity index is 1020. The summed E-state index contributed by atoms with van der Waals surface area (Å²) in [4.78, 5) is 4.42. The van der Waals surface area contributed by atoms with Crippen molar-refractivity contribution in [2.24, 2.45) is 4.99 Å². The van der Waals surface area contributed by atoms with Crippen LogP contribution in [0, 0.1) is 0 Å². The number of hydrogen-bond acceptors (Lipinski definition) is 3. The number of rotatable bonds is 5. The Morgan fingerprint density at radius 2 is 1.90 bits per heavy atom. The highest BCUT2D eigenvalue weighted by Gasteiger charge is 2.33. The van der Waals surface area contributed by atoms with Crippen molar-refractivity contribution in [1.82, 2.24) is 20.4 Å². The van der Waals surface area contributed by atoms with Crippen LogP contribution in [0.3, 0.4) is 0 Å². The number of para-hydroxylation sites is 2. The molecule has 0 radical (unpaired) electrons. The molecule has 2 N–H and O–H groups in total. The summed E-state index contributed by atoms with van der Waals surface area (Å²) in [5.74, 6) is 1.73. The first-order valence-corrected chi connectivity index (χ1v) is 10.4. The van der Waals surface area contributed by atoms with Crippen LogP contribution in [-0.2, 0) is 6.42 Å². The van der Waals surface area contributed by atoms with Gasteiger partial charge in [-0.1, -0.05) is 36.4 Å². The van der Waals surface area contributed by atoms with E-state index < -0.39 is 0 Å². The number of benzene rings is 2. The molecular formula is C24H30IN5O. The van der Waals surface area contributed by atoms with Crippen LogP contribution >= 0.6 is 24.0 Å². The number of aromatic nitrogens is 2. The number of aliphatic imine (C=N–C) groups is 1. The molecule has 0 amide bonds. The van der Waals surface area contributed by atoms with E-state index in [0.29, 0.717) is 0 Å². The fourth-order valence-electron chi connectivity index (χ4n) is 3.83. The number of halogens is 1. The van der Waals surface area contributed by atoms with Crippen molar-refractivity contribution in [3.63, 3.8) is 0 Å². The molecule has 1 aromatic heterocycles. The number of ether oxygens (including phenoxy) is 1. The van der Waals surface area contributed by atoms with E-state index in [2.05, 4.69) is 52.9 Å². The highest BCUT2D eigenvalue weighted by molar-refractivity contribution is 14.0.